The second kappa shape index (κ2) is 7.39. The highest BCUT2D eigenvalue weighted by atomic mass is 35.5. The van der Waals surface area contributed by atoms with Crippen LogP contribution in [0.15, 0.2) is 24.4 Å². The molecule has 3 rings (SSSR count). The molecule has 0 radical (unpaired) electrons. The van der Waals surface area contributed by atoms with Crippen LogP contribution in [0, 0.1) is 11.6 Å². The molecule has 2 amide bonds. The van der Waals surface area contributed by atoms with Crippen LogP contribution in [0.4, 0.5) is 19.3 Å². The average molecular weight is 369 g/mol. The molecule has 134 valence electrons. The van der Waals surface area contributed by atoms with Crippen molar-refractivity contribution in [2.24, 2.45) is 7.05 Å². The lowest BCUT2D eigenvalue weighted by Crippen LogP contribution is -2.41. The molecule has 0 unspecified atom stereocenters. The van der Waals surface area contributed by atoms with E-state index in [1.54, 1.807) is 18.1 Å². The van der Waals surface area contributed by atoms with Crippen molar-refractivity contribution in [3.8, 4) is 0 Å². The van der Waals surface area contributed by atoms with Crippen molar-refractivity contribution < 1.29 is 13.6 Å². The van der Waals surface area contributed by atoms with Crippen molar-refractivity contribution in [2.75, 3.05) is 5.32 Å². The maximum absolute atomic E-state index is 13.4. The van der Waals surface area contributed by atoms with E-state index >= 15 is 0 Å². The third kappa shape index (κ3) is 3.92. The first-order valence-electron chi connectivity index (χ1n) is 8.14. The lowest BCUT2D eigenvalue weighted by Gasteiger charge is -2.29. The number of benzene rings is 1. The van der Waals surface area contributed by atoms with E-state index in [4.69, 9.17) is 11.6 Å². The molecule has 1 aromatic carbocycles. The molecule has 0 bridgehead atoms. The number of nitrogens with one attached hydrogen (secondary N) is 1. The molecule has 1 aromatic heterocycles. The summed E-state index contributed by atoms with van der Waals surface area (Å²) in [5.74, 6) is -1.95. The van der Waals surface area contributed by atoms with Crippen LogP contribution in [0.2, 0.25) is 5.15 Å². The summed E-state index contributed by atoms with van der Waals surface area (Å²) < 4.78 is 28.0. The van der Waals surface area contributed by atoms with Crippen molar-refractivity contribution in [1.82, 2.24) is 14.7 Å². The third-order valence-electron chi connectivity index (χ3n) is 4.47. The number of nitrogens with zero attached hydrogens (tertiary/aromatic N) is 3. The Kier molecular flexibility index (Phi) is 5.22. The molecule has 0 atom stereocenters. The van der Waals surface area contributed by atoms with Gasteiger partial charge in [-0.1, -0.05) is 24.4 Å². The van der Waals surface area contributed by atoms with Gasteiger partial charge in [-0.2, -0.15) is 5.10 Å². The zero-order chi connectivity index (χ0) is 18.0. The predicted molar refractivity (Wildman–Crippen MR) is 91.4 cm³/mol. The molecule has 0 saturated heterocycles. The van der Waals surface area contributed by atoms with Gasteiger partial charge in [0.05, 0.1) is 12.7 Å². The Morgan fingerprint density at radius 3 is 2.68 bits per heavy atom. The number of carbonyl (C=O) groups is 1. The first-order chi connectivity index (χ1) is 12.0. The number of carbonyl (C=O) groups excluding carboxylic acids is 1. The van der Waals surface area contributed by atoms with Gasteiger partial charge >= 0.3 is 6.03 Å². The molecule has 1 saturated carbocycles. The molecular formula is C17H19ClF2N4O. The zero-order valence-electron chi connectivity index (χ0n) is 13.8. The Balaban J connectivity index is 1.79. The number of rotatable bonds is 4. The van der Waals surface area contributed by atoms with Gasteiger partial charge in [0.25, 0.3) is 0 Å². The Labute approximate surface area is 149 Å². The van der Waals surface area contributed by atoms with Crippen LogP contribution in [-0.4, -0.2) is 26.8 Å². The van der Waals surface area contributed by atoms with Gasteiger partial charge in [-0.3, -0.25) is 4.68 Å². The van der Waals surface area contributed by atoms with Crippen molar-refractivity contribution in [2.45, 2.75) is 38.3 Å². The predicted octanol–water partition coefficient (Wildman–Crippen LogP) is 4.33. The van der Waals surface area contributed by atoms with Gasteiger partial charge in [-0.05, 0) is 25.0 Å². The van der Waals surface area contributed by atoms with E-state index in [0.717, 1.165) is 43.4 Å². The molecule has 8 heteroatoms. The molecule has 0 spiro atoms. The molecule has 1 aliphatic rings. The molecule has 1 aliphatic carbocycles. The van der Waals surface area contributed by atoms with Crippen LogP contribution in [0.3, 0.4) is 0 Å². The van der Waals surface area contributed by atoms with Crippen LogP contribution in [0.1, 0.15) is 31.2 Å². The first-order valence-corrected chi connectivity index (χ1v) is 8.52. The van der Waals surface area contributed by atoms with E-state index in [2.05, 4.69) is 10.4 Å². The van der Waals surface area contributed by atoms with Gasteiger partial charge in [0.1, 0.15) is 5.15 Å². The normalized spacial score (nSPS) is 14.7. The van der Waals surface area contributed by atoms with Gasteiger partial charge < -0.3 is 10.2 Å². The number of amides is 2. The minimum absolute atomic E-state index is 0.0848. The van der Waals surface area contributed by atoms with Crippen LogP contribution in [0.25, 0.3) is 0 Å². The highest BCUT2D eigenvalue weighted by Gasteiger charge is 2.28. The van der Waals surface area contributed by atoms with Gasteiger partial charge in [0.2, 0.25) is 0 Å². The quantitative estimate of drug-likeness (QED) is 0.873. The summed E-state index contributed by atoms with van der Waals surface area (Å²) in [6.07, 6.45) is 5.56. The van der Waals surface area contributed by atoms with E-state index in [1.807, 2.05) is 0 Å². The summed E-state index contributed by atoms with van der Waals surface area (Å²) in [7, 11) is 1.73. The van der Waals surface area contributed by atoms with Crippen LogP contribution in [0.5, 0.6) is 0 Å². The van der Waals surface area contributed by atoms with Crippen molar-refractivity contribution >= 4 is 23.3 Å². The summed E-state index contributed by atoms with van der Waals surface area (Å²) in [6.45, 7) is 0.312. The number of anilines is 1. The van der Waals surface area contributed by atoms with E-state index < -0.39 is 11.6 Å². The maximum atomic E-state index is 13.4. The van der Waals surface area contributed by atoms with Gasteiger partial charge in [-0.15, -0.1) is 0 Å². The van der Waals surface area contributed by atoms with Crippen LogP contribution >= 0.6 is 11.6 Å². The number of hydrogen-bond acceptors (Lipinski definition) is 2. The lowest BCUT2D eigenvalue weighted by atomic mass is 10.2. The molecule has 25 heavy (non-hydrogen) atoms. The van der Waals surface area contributed by atoms with Gasteiger partial charge in [0.15, 0.2) is 11.6 Å². The Hall–Kier alpha value is -2.15. The van der Waals surface area contributed by atoms with Crippen molar-refractivity contribution in [3.05, 3.63) is 46.7 Å². The van der Waals surface area contributed by atoms with Crippen molar-refractivity contribution in [3.63, 3.8) is 0 Å². The average Bonchev–Trinajstić information content (AvgIpc) is 3.21. The Morgan fingerprint density at radius 1 is 1.36 bits per heavy atom. The molecule has 2 aromatic rings. The molecule has 1 N–H and O–H groups in total. The molecule has 1 fully saturated rings. The highest BCUT2D eigenvalue weighted by Crippen LogP contribution is 2.27. The number of aromatic nitrogens is 2. The Morgan fingerprint density at radius 2 is 2.08 bits per heavy atom. The fourth-order valence-electron chi connectivity index (χ4n) is 3.11. The lowest BCUT2D eigenvalue weighted by molar-refractivity contribution is 0.184. The topological polar surface area (TPSA) is 50.2 Å². The summed E-state index contributed by atoms with van der Waals surface area (Å²) in [6, 6.07) is 3.01. The second-order valence-corrected chi connectivity index (χ2v) is 6.57. The van der Waals surface area contributed by atoms with E-state index in [9.17, 15) is 13.6 Å². The second-order valence-electron chi connectivity index (χ2n) is 6.21. The van der Waals surface area contributed by atoms with E-state index in [1.165, 1.54) is 10.7 Å². The summed E-state index contributed by atoms with van der Waals surface area (Å²) >= 11 is 6.21. The zero-order valence-corrected chi connectivity index (χ0v) is 14.6. The summed E-state index contributed by atoms with van der Waals surface area (Å²) in [5, 5.41) is 7.21. The minimum Gasteiger partial charge on any atom is -0.317 e. The van der Waals surface area contributed by atoms with E-state index in [-0.39, 0.29) is 17.8 Å². The highest BCUT2D eigenvalue weighted by molar-refractivity contribution is 6.30. The van der Waals surface area contributed by atoms with Gasteiger partial charge in [0, 0.05) is 30.4 Å². The number of aryl methyl sites for hydroxylation is 1. The maximum Gasteiger partial charge on any atom is 0.322 e. The minimum atomic E-state index is -1.000. The van der Waals surface area contributed by atoms with E-state index in [0.29, 0.717) is 11.7 Å². The monoisotopic (exact) mass is 368 g/mol. The standard InChI is InChI=1S/C17H19ClF2N4O/c1-23-16(18)11(9-21-23)10-24(13-4-2-3-5-13)17(25)22-12-6-7-14(19)15(20)8-12/h6-9,13H,2-5,10H2,1H3,(H,22,25). The molecular weight excluding hydrogens is 350 g/mol. The Bertz CT molecular complexity index is 774. The third-order valence-corrected chi connectivity index (χ3v) is 4.96. The van der Waals surface area contributed by atoms with Crippen LogP contribution in [-0.2, 0) is 13.6 Å². The van der Waals surface area contributed by atoms with Gasteiger partial charge in [-0.25, -0.2) is 13.6 Å². The largest absolute Gasteiger partial charge is 0.322 e. The fourth-order valence-corrected chi connectivity index (χ4v) is 3.26. The molecule has 1 heterocycles. The summed E-state index contributed by atoms with van der Waals surface area (Å²) in [5.41, 5.74) is 0.959. The molecule has 5 nitrogen and oxygen atoms in total. The number of urea groups is 1. The van der Waals surface area contributed by atoms with Crippen molar-refractivity contribution in [1.29, 1.82) is 0 Å². The summed E-state index contributed by atoms with van der Waals surface area (Å²) in [4.78, 5) is 14.4. The fraction of sp³-hybridized carbons (Fsp3) is 0.412. The number of halogens is 3. The smallest absolute Gasteiger partial charge is 0.317 e. The van der Waals surface area contributed by atoms with Crippen LogP contribution < -0.4 is 5.32 Å². The number of hydrogen-bond donors (Lipinski definition) is 1. The SMILES string of the molecule is Cn1ncc(CN(C(=O)Nc2ccc(F)c(F)c2)C2CCCC2)c1Cl. The molecule has 0 aliphatic heterocycles. The first kappa shape index (κ1) is 17.7.